The van der Waals surface area contributed by atoms with Crippen LogP contribution >= 0.6 is 0 Å². The Morgan fingerprint density at radius 2 is 1.52 bits per heavy atom. The molecule has 0 aliphatic heterocycles. The first-order valence-electron chi connectivity index (χ1n) is 8.81. The third-order valence-corrected chi connectivity index (χ3v) is 4.70. The predicted molar refractivity (Wildman–Crippen MR) is 106 cm³/mol. The normalized spacial score (nSPS) is 14.7. The maximum Gasteiger partial charge on any atom is 0.186 e. The van der Waals surface area contributed by atoms with Gasteiger partial charge >= 0.3 is 0 Å². The van der Waals surface area contributed by atoms with Crippen molar-refractivity contribution < 1.29 is 4.79 Å². The minimum absolute atomic E-state index is 0.0416. The summed E-state index contributed by atoms with van der Waals surface area (Å²) in [6, 6.07) is 12.1. The monoisotopic (exact) mass is 332 g/mol. The highest BCUT2D eigenvalue weighted by Gasteiger charge is 2.17. The first kappa shape index (κ1) is 17.2. The van der Waals surface area contributed by atoms with Gasteiger partial charge < -0.3 is 4.90 Å². The van der Waals surface area contributed by atoms with E-state index in [0.29, 0.717) is 0 Å². The van der Waals surface area contributed by atoms with Crippen LogP contribution in [0.15, 0.2) is 53.5 Å². The number of hydrogen-bond donors (Lipinski definition) is 0. The van der Waals surface area contributed by atoms with Crippen LogP contribution in [0.1, 0.15) is 40.9 Å². The lowest BCUT2D eigenvalue weighted by molar-refractivity contribution is 0.104. The van der Waals surface area contributed by atoms with Crippen LogP contribution in [0.3, 0.4) is 0 Å². The van der Waals surface area contributed by atoms with Gasteiger partial charge in [-0.05, 0) is 63.1 Å². The van der Waals surface area contributed by atoms with Crippen LogP contribution in [0.25, 0.3) is 0 Å². The quantitative estimate of drug-likeness (QED) is 0.787. The Hall–Kier alpha value is -2.68. The van der Waals surface area contributed by atoms with E-state index in [4.69, 9.17) is 4.99 Å². The van der Waals surface area contributed by atoms with E-state index in [1.54, 1.807) is 6.08 Å². The summed E-state index contributed by atoms with van der Waals surface area (Å²) in [4.78, 5) is 19.3. The second kappa shape index (κ2) is 7.06. The summed E-state index contributed by atoms with van der Waals surface area (Å²) in [5.41, 5.74) is 6.99. The van der Waals surface area contributed by atoms with Crippen molar-refractivity contribution >= 4 is 22.9 Å². The van der Waals surface area contributed by atoms with Gasteiger partial charge in [0.25, 0.3) is 0 Å². The zero-order valence-corrected chi connectivity index (χ0v) is 15.3. The molecule has 0 radical (unpaired) electrons. The van der Waals surface area contributed by atoms with E-state index in [-0.39, 0.29) is 5.78 Å². The SMILES string of the molecule is CCN(CC)c1cc(C)c(N=C2C=CC(=O)c3ccccc32)c(C)c1. The van der Waals surface area contributed by atoms with Crippen LogP contribution < -0.4 is 4.90 Å². The number of fused-ring (bicyclic) bond motifs is 1. The molecule has 1 aliphatic carbocycles. The highest BCUT2D eigenvalue weighted by molar-refractivity contribution is 6.24. The molecule has 0 spiro atoms. The Bertz CT molecular complexity index is 850. The topological polar surface area (TPSA) is 32.7 Å². The minimum atomic E-state index is 0.0416. The number of carbonyl (C=O) groups is 1. The summed E-state index contributed by atoms with van der Waals surface area (Å²) < 4.78 is 0. The van der Waals surface area contributed by atoms with E-state index in [1.165, 1.54) is 5.69 Å². The molecule has 0 atom stereocenters. The van der Waals surface area contributed by atoms with E-state index >= 15 is 0 Å². The number of anilines is 1. The van der Waals surface area contributed by atoms with Crippen LogP contribution in [0.5, 0.6) is 0 Å². The fourth-order valence-corrected chi connectivity index (χ4v) is 3.35. The van der Waals surface area contributed by atoms with Crippen molar-refractivity contribution in [1.29, 1.82) is 0 Å². The van der Waals surface area contributed by atoms with Gasteiger partial charge in [0.15, 0.2) is 5.78 Å². The van der Waals surface area contributed by atoms with Gasteiger partial charge in [0, 0.05) is 29.9 Å². The molecular weight excluding hydrogens is 308 g/mol. The molecule has 0 saturated heterocycles. The average molecular weight is 332 g/mol. The van der Waals surface area contributed by atoms with Crippen LogP contribution in [-0.2, 0) is 0 Å². The number of rotatable bonds is 4. The molecule has 0 unspecified atom stereocenters. The number of aryl methyl sites for hydroxylation is 2. The van der Waals surface area contributed by atoms with Gasteiger partial charge in [0.1, 0.15) is 0 Å². The summed E-state index contributed by atoms with van der Waals surface area (Å²) in [6.07, 6.45) is 3.43. The molecule has 2 aromatic rings. The van der Waals surface area contributed by atoms with Crippen molar-refractivity contribution in [2.24, 2.45) is 4.99 Å². The third-order valence-electron chi connectivity index (χ3n) is 4.70. The molecular formula is C22H24N2O. The molecule has 1 aliphatic rings. The molecule has 25 heavy (non-hydrogen) atoms. The lowest BCUT2D eigenvalue weighted by Crippen LogP contribution is -2.21. The molecule has 3 heteroatoms. The van der Waals surface area contributed by atoms with Crippen LogP contribution in [0, 0.1) is 13.8 Å². The van der Waals surface area contributed by atoms with Crippen molar-refractivity contribution in [3.63, 3.8) is 0 Å². The number of allylic oxidation sites excluding steroid dienone is 2. The van der Waals surface area contributed by atoms with Crippen LogP contribution in [0.2, 0.25) is 0 Å². The molecule has 3 rings (SSSR count). The average Bonchev–Trinajstić information content (AvgIpc) is 2.61. The van der Waals surface area contributed by atoms with Crippen molar-refractivity contribution in [3.05, 3.63) is 70.8 Å². The summed E-state index contributed by atoms with van der Waals surface area (Å²) >= 11 is 0. The Labute approximate surface area is 149 Å². The van der Waals surface area contributed by atoms with Gasteiger partial charge in [-0.1, -0.05) is 24.3 Å². The summed E-state index contributed by atoms with van der Waals surface area (Å²) in [5.74, 6) is 0.0416. The first-order chi connectivity index (χ1) is 12.0. The Balaban J connectivity index is 2.08. The van der Waals surface area contributed by atoms with Gasteiger partial charge in [-0.2, -0.15) is 0 Å². The minimum Gasteiger partial charge on any atom is -0.372 e. The zero-order chi connectivity index (χ0) is 18.0. The van der Waals surface area contributed by atoms with Gasteiger partial charge in [-0.15, -0.1) is 0 Å². The van der Waals surface area contributed by atoms with Crippen LogP contribution in [-0.4, -0.2) is 24.6 Å². The molecule has 0 amide bonds. The number of benzene rings is 2. The summed E-state index contributed by atoms with van der Waals surface area (Å²) in [7, 11) is 0. The Morgan fingerprint density at radius 1 is 0.920 bits per heavy atom. The molecule has 0 fully saturated rings. The maximum atomic E-state index is 12.1. The van der Waals surface area contributed by atoms with Crippen molar-refractivity contribution in [2.75, 3.05) is 18.0 Å². The molecule has 0 aromatic heterocycles. The number of hydrogen-bond acceptors (Lipinski definition) is 3. The number of aliphatic imine (C=N–C) groups is 1. The molecule has 0 bridgehead atoms. The number of ketones is 1. The second-order valence-electron chi connectivity index (χ2n) is 6.34. The summed E-state index contributed by atoms with van der Waals surface area (Å²) in [5, 5.41) is 0. The molecule has 128 valence electrons. The second-order valence-corrected chi connectivity index (χ2v) is 6.34. The fourth-order valence-electron chi connectivity index (χ4n) is 3.35. The largest absolute Gasteiger partial charge is 0.372 e. The van der Waals surface area contributed by atoms with Crippen molar-refractivity contribution in [2.45, 2.75) is 27.7 Å². The molecule has 0 heterocycles. The van der Waals surface area contributed by atoms with Crippen LogP contribution in [0.4, 0.5) is 11.4 Å². The Morgan fingerprint density at radius 3 is 2.12 bits per heavy atom. The fraction of sp³-hybridized carbons (Fsp3) is 0.273. The lowest BCUT2D eigenvalue weighted by atomic mass is 9.94. The van der Waals surface area contributed by atoms with Gasteiger partial charge in [-0.25, -0.2) is 4.99 Å². The molecule has 0 N–H and O–H groups in total. The molecule has 2 aromatic carbocycles. The highest BCUT2D eigenvalue weighted by atomic mass is 16.1. The predicted octanol–water partition coefficient (Wildman–Crippen LogP) is 5.02. The van der Waals surface area contributed by atoms with E-state index in [1.807, 2.05) is 30.3 Å². The number of nitrogens with zero attached hydrogens (tertiary/aromatic N) is 2. The molecule has 0 saturated carbocycles. The maximum absolute atomic E-state index is 12.1. The van der Waals surface area contributed by atoms with Crippen molar-refractivity contribution in [1.82, 2.24) is 0 Å². The van der Waals surface area contributed by atoms with Gasteiger partial charge in [-0.3, -0.25) is 4.79 Å². The lowest BCUT2D eigenvalue weighted by Gasteiger charge is -2.23. The smallest absolute Gasteiger partial charge is 0.186 e. The van der Waals surface area contributed by atoms with Crippen molar-refractivity contribution in [3.8, 4) is 0 Å². The van der Waals surface area contributed by atoms with Gasteiger partial charge in [0.05, 0.1) is 11.4 Å². The van der Waals surface area contributed by atoms with E-state index in [0.717, 1.165) is 46.7 Å². The van der Waals surface area contributed by atoms with E-state index in [9.17, 15) is 4.79 Å². The van der Waals surface area contributed by atoms with E-state index in [2.05, 4.69) is 44.7 Å². The standard InChI is InChI=1S/C22H24N2O/c1-5-24(6-2)17-13-15(3)22(16(4)14-17)23-20-11-12-21(25)19-10-8-7-9-18(19)20/h7-14H,5-6H2,1-4H3. The Kier molecular flexibility index (Phi) is 4.84. The van der Waals surface area contributed by atoms with E-state index < -0.39 is 0 Å². The van der Waals surface area contributed by atoms with Gasteiger partial charge in [0.2, 0.25) is 0 Å². The highest BCUT2D eigenvalue weighted by Crippen LogP contribution is 2.31. The summed E-state index contributed by atoms with van der Waals surface area (Å²) in [6.45, 7) is 10.5. The first-order valence-corrected chi connectivity index (χ1v) is 8.81. The molecule has 3 nitrogen and oxygen atoms in total. The third kappa shape index (κ3) is 3.27. The zero-order valence-electron chi connectivity index (χ0n) is 15.3. The number of carbonyl (C=O) groups excluding carboxylic acids is 1.